The molecular weight excluding hydrogens is 704 g/mol. The first kappa shape index (κ1) is 38.6. The molecule has 3 rings (SSSR count). The maximum absolute atomic E-state index is 15.4. The number of thiophene rings is 3. The van der Waals surface area contributed by atoms with Gasteiger partial charge in [0, 0.05) is 20.2 Å². The van der Waals surface area contributed by atoms with Crippen LogP contribution in [0.3, 0.4) is 0 Å². The first-order valence-electron chi connectivity index (χ1n) is 14.5. The lowest BCUT2D eigenvalue weighted by Gasteiger charge is -2.39. The average molecular weight is 735 g/mol. The van der Waals surface area contributed by atoms with Crippen molar-refractivity contribution in [2.75, 3.05) is 0 Å². The molecule has 0 aromatic carbocycles. The Labute approximate surface area is 269 Å². The van der Waals surface area contributed by atoms with E-state index in [-0.39, 0.29) is 9.75 Å². The molecule has 3 aromatic rings. The summed E-state index contributed by atoms with van der Waals surface area (Å²) in [5.41, 5.74) is -1.27. The Hall–Kier alpha value is -1.81. The molecule has 0 nitrogen and oxygen atoms in total. The fourth-order valence-corrected chi connectivity index (χ4v) is 7.98. The number of alkyl halides is 13. The van der Waals surface area contributed by atoms with Crippen LogP contribution in [-0.4, -0.2) is 29.9 Å². The maximum atomic E-state index is 15.4. The molecule has 0 atom stereocenters. The quantitative estimate of drug-likeness (QED) is 0.0902. The average Bonchev–Trinajstić information content (AvgIpc) is 3.73. The molecule has 260 valence electrons. The number of hydrogen-bond donors (Lipinski definition) is 0. The molecule has 0 aliphatic rings. The zero-order valence-electron chi connectivity index (χ0n) is 24.4. The van der Waals surface area contributed by atoms with Crippen LogP contribution in [0.15, 0.2) is 35.0 Å². The van der Waals surface area contributed by atoms with Gasteiger partial charge in [-0.05, 0) is 47.4 Å². The summed E-state index contributed by atoms with van der Waals surface area (Å²) >= 11 is 2.20. The van der Waals surface area contributed by atoms with E-state index in [0.29, 0.717) is 52.0 Å². The molecule has 0 aliphatic heterocycles. The molecular formula is C30H31F13S3. The van der Waals surface area contributed by atoms with Crippen molar-refractivity contribution in [2.45, 2.75) is 113 Å². The van der Waals surface area contributed by atoms with Crippen LogP contribution in [-0.2, 0) is 12.3 Å². The summed E-state index contributed by atoms with van der Waals surface area (Å²) in [6.07, 6.45) is 3.48. The summed E-state index contributed by atoms with van der Waals surface area (Å²) in [6.45, 7) is 2.13. The molecule has 0 amide bonds. The molecule has 0 spiro atoms. The molecule has 0 aliphatic carbocycles. The van der Waals surface area contributed by atoms with Crippen LogP contribution in [0.1, 0.15) is 82.3 Å². The highest BCUT2D eigenvalue weighted by Crippen LogP contribution is 2.63. The highest BCUT2D eigenvalue weighted by molar-refractivity contribution is 7.26. The predicted octanol–water partition coefficient (Wildman–Crippen LogP) is 13.9. The van der Waals surface area contributed by atoms with Crippen molar-refractivity contribution < 1.29 is 57.1 Å². The van der Waals surface area contributed by atoms with Gasteiger partial charge >= 0.3 is 35.8 Å². The summed E-state index contributed by atoms with van der Waals surface area (Å²) in [6, 6.07) is 4.51. The Morgan fingerprint density at radius 3 is 1.61 bits per heavy atom. The first-order valence-corrected chi connectivity index (χ1v) is 17.0. The van der Waals surface area contributed by atoms with E-state index in [2.05, 4.69) is 6.92 Å². The van der Waals surface area contributed by atoms with E-state index in [9.17, 15) is 48.3 Å². The molecule has 0 saturated carbocycles. The lowest BCUT2D eigenvalue weighted by Crippen LogP contribution is -2.69. The van der Waals surface area contributed by atoms with Crippen LogP contribution in [0, 0.1) is 0 Å². The van der Waals surface area contributed by atoms with Crippen molar-refractivity contribution in [3.05, 3.63) is 46.2 Å². The number of aryl methyl sites for hydroxylation is 1. The largest absolute Gasteiger partial charge is 0.460 e. The highest BCUT2D eigenvalue weighted by Gasteiger charge is 2.91. The summed E-state index contributed by atoms with van der Waals surface area (Å²) in [4.78, 5) is -0.689. The summed E-state index contributed by atoms with van der Waals surface area (Å²) in [5.74, 6) is -37.3. The van der Waals surface area contributed by atoms with Crippen molar-refractivity contribution >= 4 is 34.0 Å². The van der Waals surface area contributed by atoms with Gasteiger partial charge in [-0.2, -0.15) is 57.1 Å². The normalized spacial score (nSPS) is 14.0. The number of unbranched alkanes of at least 4 members (excludes halogenated alkanes) is 9. The standard InChI is InChI=1S/C30H31F13S3/c1-2-3-4-5-6-7-8-9-10-11-13-19-15-17-45-23(19)22-18-20(24(46-22)21-14-12-16-44-21)25(31,32)26(33,34)27(35,36)28(37,38)29(39,40)30(41,42)43/h12,14-18H,2-11,13H2,1H3. The predicted molar refractivity (Wildman–Crippen MR) is 156 cm³/mol. The van der Waals surface area contributed by atoms with Gasteiger partial charge in [0.25, 0.3) is 0 Å². The van der Waals surface area contributed by atoms with Gasteiger partial charge in [0.15, 0.2) is 0 Å². The Morgan fingerprint density at radius 2 is 1.09 bits per heavy atom. The summed E-state index contributed by atoms with van der Waals surface area (Å²) < 4.78 is 181. The van der Waals surface area contributed by atoms with Crippen molar-refractivity contribution in [1.82, 2.24) is 0 Å². The molecule has 0 N–H and O–H groups in total. The van der Waals surface area contributed by atoms with E-state index >= 15 is 8.78 Å². The zero-order chi connectivity index (χ0) is 34.6. The van der Waals surface area contributed by atoms with Crippen LogP contribution >= 0.6 is 34.0 Å². The van der Waals surface area contributed by atoms with Crippen LogP contribution in [0.4, 0.5) is 57.1 Å². The van der Waals surface area contributed by atoms with Gasteiger partial charge in [0.1, 0.15) is 0 Å². The topological polar surface area (TPSA) is 0 Å². The smallest absolute Gasteiger partial charge is 0.194 e. The van der Waals surface area contributed by atoms with Gasteiger partial charge in [-0.3, -0.25) is 0 Å². The lowest BCUT2D eigenvalue weighted by atomic mass is 9.90. The second-order valence-corrected chi connectivity index (χ2v) is 13.8. The number of hydrogen-bond acceptors (Lipinski definition) is 3. The molecule has 0 unspecified atom stereocenters. The second kappa shape index (κ2) is 14.8. The van der Waals surface area contributed by atoms with Crippen molar-refractivity contribution in [3.63, 3.8) is 0 Å². The van der Waals surface area contributed by atoms with Crippen LogP contribution in [0.25, 0.3) is 19.5 Å². The minimum atomic E-state index is -7.94. The third-order valence-corrected chi connectivity index (χ3v) is 10.8. The molecule has 0 radical (unpaired) electrons. The minimum Gasteiger partial charge on any atom is -0.194 e. The van der Waals surface area contributed by atoms with Gasteiger partial charge < -0.3 is 0 Å². The molecule has 0 fully saturated rings. The van der Waals surface area contributed by atoms with Crippen molar-refractivity contribution in [1.29, 1.82) is 0 Å². The molecule has 46 heavy (non-hydrogen) atoms. The lowest BCUT2D eigenvalue weighted by molar-refractivity contribution is -0.441. The van der Waals surface area contributed by atoms with E-state index in [1.165, 1.54) is 30.7 Å². The van der Waals surface area contributed by atoms with E-state index in [0.717, 1.165) is 55.9 Å². The summed E-state index contributed by atoms with van der Waals surface area (Å²) in [7, 11) is 0. The highest BCUT2D eigenvalue weighted by atomic mass is 32.1. The molecule has 0 saturated heterocycles. The van der Waals surface area contributed by atoms with Crippen LogP contribution < -0.4 is 0 Å². The molecule has 3 aromatic heterocycles. The fourth-order valence-electron chi connectivity index (χ4n) is 4.82. The van der Waals surface area contributed by atoms with Gasteiger partial charge in [-0.1, -0.05) is 70.8 Å². The first-order chi connectivity index (χ1) is 21.3. The minimum absolute atomic E-state index is 0.110. The van der Waals surface area contributed by atoms with Crippen LogP contribution in [0.5, 0.6) is 0 Å². The Morgan fingerprint density at radius 1 is 0.543 bits per heavy atom. The Kier molecular flexibility index (Phi) is 12.4. The van der Waals surface area contributed by atoms with Crippen molar-refractivity contribution in [2.24, 2.45) is 0 Å². The Bertz CT molecular complexity index is 1370. The van der Waals surface area contributed by atoms with E-state index in [1.807, 2.05) is 0 Å². The molecule has 16 heteroatoms. The summed E-state index contributed by atoms with van der Waals surface area (Å²) in [5, 5.41) is 2.91. The van der Waals surface area contributed by atoms with E-state index in [1.54, 1.807) is 11.4 Å². The van der Waals surface area contributed by atoms with Crippen LogP contribution in [0.2, 0.25) is 0 Å². The van der Waals surface area contributed by atoms with Gasteiger partial charge in [0.05, 0.1) is 4.88 Å². The molecule has 3 heterocycles. The van der Waals surface area contributed by atoms with Gasteiger partial charge in [-0.15, -0.1) is 34.0 Å². The maximum Gasteiger partial charge on any atom is 0.460 e. The third kappa shape index (κ3) is 7.42. The van der Waals surface area contributed by atoms with Gasteiger partial charge in [-0.25, -0.2) is 0 Å². The fraction of sp³-hybridized carbons (Fsp3) is 0.600. The third-order valence-electron chi connectivity index (χ3n) is 7.52. The van der Waals surface area contributed by atoms with Gasteiger partial charge in [0.2, 0.25) is 0 Å². The Balaban J connectivity index is 1.90. The number of rotatable bonds is 18. The van der Waals surface area contributed by atoms with Crippen molar-refractivity contribution in [3.8, 4) is 19.5 Å². The number of halogens is 13. The van der Waals surface area contributed by atoms with E-state index < -0.39 is 46.2 Å². The molecule has 0 bridgehead atoms. The van der Waals surface area contributed by atoms with E-state index in [4.69, 9.17) is 0 Å². The zero-order valence-corrected chi connectivity index (χ0v) is 26.8. The monoisotopic (exact) mass is 734 g/mol. The SMILES string of the molecule is CCCCCCCCCCCCc1ccsc1-c1cc(C(F)(F)C(F)(F)C(F)(F)C(F)(F)C(F)(F)C(F)(F)F)c(-c2cccs2)s1. The second-order valence-electron chi connectivity index (χ2n) is 10.9.